The van der Waals surface area contributed by atoms with Gasteiger partial charge in [0.1, 0.15) is 0 Å². The Hall–Kier alpha value is -2.63. The number of hydrogen-bond donors (Lipinski definition) is 0. The number of allylic oxidation sites excluding steroid dienone is 2. The van der Waals surface area contributed by atoms with Crippen molar-refractivity contribution in [3.05, 3.63) is 42.5 Å². The number of nitrogens with zero attached hydrogens (tertiary/aromatic N) is 3. The van der Waals surface area contributed by atoms with E-state index >= 15 is 0 Å². The van der Waals surface area contributed by atoms with Crippen LogP contribution in [0, 0.1) is 23.7 Å². The number of likely N-dealkylation sites (tertiary alicyclic amines) is 1. The van der Waals surface area contributed by atoms with Gasteiger partial charge in [-0.15, -0.1) is 0 Å². The van der Waals surface area contributed by atoms with Crippen LogP contribution in [0.1, 0.15) is 12.8 Å². The first-order valence-electron chi connectivity index (χ1n) is 10.2. The molecule has 3 amide bonds. The number of fused-ring (bicyclic) bond motifs is 5. The molecule has 6 heteroatoms. The summed E-state index contributed by atoms with van der Waals surface area (Å²) in [6.45, 7) is 3.18. The molecule has 0 radical (unpaired) electrons. The Kier molecular flexibility index (Phi) is 4.22. The van der Waals surface area contributed by atoms with Crippen molar-refractivity contribution < 1.29 is 14.4 Å². The van der Waals surface area contributed by atoms with Gasteiger partial charge in [0.25, 0.3) is 0 Å². The lowest BCUT2D eigenvalue weighted by atomic mass is 9.85. The van der Waals surface area contributed by atoms with Crippen LogP contribution in [0.2, 0.25) is 0 Å². The molecule has 2 aliphatic carbocycles. The minimum atomic E-state index is -0.174. The smallest absolute Gasteiger partial charge is 0.233 e. The highest BCUT2D eigenvalue weighted by molar-refractivity contribution is 6.06. The highest BCUT2D eigenvalue weighted by atomic mass is 16.2. The van der Waals surface area contributed by atoms with Gasteiger partial charge in [-0.3, -0.25) is 19.3 Å². The highest BCUT2D eigenvalue weighted by Crippen LogP contribution is 2.52. The van der Waals surface area contributed by atoms with E-state index in [9.17, 15) is 14.4 Å². The van der Waals surface area contributed by atoms with Gasteiger partial charge in [0.15, 0.2) is 0 Å². The summed E-state index contributed by atoms with van der Waals surface area (Å²) in [7, 11) is 0. The first-order chi connectivity index (χ1) is 13.6. The quantitative estimate of drug-likeness (QED) is 0.588. The summed E-state index contributed by atoms with van der Waals surface area (Å²) in [5.74, 6) is 0.00373. The van der Waals surface area contributed by atoms with E-state index in [-0.39, 0.29) is 54.4 Å². The molecule has 4 atom stereocenters. The third kappa shape index (κ3) is 2.74. The molecule has 2 aliphatic heterocycles. The van der Waals surface area contributed by atoms with Crippen molar-refractivity contribution in [2.24, 2.45) is 23.7 Å². The average Bonchev–Trinajstić information content (AvgIpc) is 3.41. The predicted molar refractivity (Wildman–Crippen MR) is 104 cm³/mol. The second-order valence-electron chi connectivity index (χ2n) is 8.28. The molecule has 0 unspecified atom stereocenters. The summed E-state index contributed by atoms with van der Waals surface area (Å²) in [6.07, 6.45) is 5.35. The van der Waals surface area contributed by atoms with Gasteiger partial charge in [-0.1, -0.05) is 30.4 Å². The summed E-state index contributed by atoms with van der Waals surface area (Å²) >= 11 is 0. The number of anilines is 1. The van der Waals surface area contributed by atoms with Gasteiger partial charge in [0, 0.05) is 44.8 Å². The molecular formula is C22H25N3O3. The third-order valence-electron chi connectivity index (χ3n) is 6.86. The van der Waals surface area contributed by atoms with Crippen LogP contribution < -0.4 is 4.90 Å². The fraction of sp³-hybridized carbons (Fsp3) is 0.500. The number of para-hydroxylation sites is 1. The lowest BCUT2D eigenvalue weighted by molar-refractivity contribution is -0.141. The van der Waals surface area contributed by atoms with Gasteiger partial charge < -0.3 is 9.80 Å². The molecule has 5 rings (SSSR count). The van der Waals surface area contributed by atoms with Crippen LogP contribution in [0.15, 0.2) is 42.5 Å². The normalized spacial score (nSPS) is 31.1. The van der Waals surface area contributed by atoms with Crippen LogP contribution in [0.25, 0.3) is 0 Å². The summed E-state index contributed by atoms with van der Waals surface area (Å²) in [6, 6.07) is 10.2. The van der Waals surface area contributed by atoms with Crippen molar-refractivity contribution in [2.45, 2.75) is 12.8 Å². The number of carbonyl (C=O) groups is 3. The Bertz CT molecular complexity index is 799. The molecule has 0 N–H and O–H groups in total. The maximum atomic E-state index is 12.7. The van der Waals surface area contributed by atoms with Gasteiger partial charge in [-0.25, -0.2) is 0 Å². The zero-order valence-electron chi connectivity index (χ0n) is 15.9. The van der Waals surface area contributed by atoms with Crippen molar-refractivity contribution in [2.75, 3.05) is 37.6 Å². The fourth-order valence-corrected chi connectivity index (χ4v) is 5.40. The molecule has 2 saturated heterocycles. The second kappa shape index (κ2) is 6.76. The first-order valence-corrected chi connectivity index (χ1v) is 10.2. The Morgan fingerprint density at radius 1 is 0.893 bits per heavy atom. The van der Waals surface area contributed by atoms with Crippen LogP contribution in [0.3, 0.4) is 0 Å². The lowest BCUT2D eigenvalue weighted by Gasteiger charge is -2.36. The monoisotopic (exact) mass is 379 g/mol. The van der Waals surface area contributed by atoms with E-state index in [0.717, 1.165) is 19.5 Å². The predicted octanol–water partition coefficient (Wildman–Crippen LogP) is 1.53. The van der Waals surface area contributed by atoms with E-state index in [4.69, 9.17) is 0 Å². The molecule has 3 fully saturated rings. The van der Waals surface area contributed by atoms with Gasteiger partial charge in [0.2, 0.25) is 17.7 Å². The van der Waals surface area contributed by atoms with E-state index in [1.165, 1.54) is 10.6 Å². The molecule has 0 spiro atoms. The van der Waals surface area contributed by atoms with Crippen molar-refractivity contribution in [1.82, 2.24) is 9.80 Å². The van der Waals surface area contributed by atoms with Gasteiger partial charge >= 0.3 is 0 Å². The van der Waals surface area contributed by atoms with Crippen molar-refractivity contribution in [3.8, 4) is 0 Å². The molecule has 6 nitrogen and oxygen atoms in total. The standard InChI is InChI=1S/C22H25N3O3/c26-18(24-12-10-23(11-13-24)17-4-2-1-3-5-17)8-9-25-21(27)19-15-6-7-16(14-15)20(19)22(25)28/h1-7,15-16,19-20H,8-14H2/t15-,16-,19+,20+/m0/s1. The summed E-state index contributed by atoms with van der Waals surface area (Å²) in [5, 5.41) is 0. The summed E-state index contributed by atoms with van der Waals surface area (Å²) in [4.78, 5) is 43.6. The Labute approximate surface area is 164 Å². The maximum absolute atomic E-state index is 12.7. The maximum Gasteiger partial charge on any atom is 0.233 e. The topological polar surface area (TPSA) is 60.9 Å². The molecule has 1 aromatic rings. The molecule has 4 aliphatic rings. The number of imide groups is 1. The van der Waals surface area contributed by atoms with Crippen molar-refractivity contribution in [1.29, 1.82) is 0 Å². The molecule has 146 valence electrons. The molecule has 2 bridgehead atoms. The van der Waals surface area contributed by atoms with Crippen LogP contribution in [-0.2, 0) is 14.4 Å². The second-order valence-corrected chi connectivity index (χ2v) is 8.28. The SMILES string of the molecule is O=C(CCN1C(=O)[C@H]2[C@H](C1=O)[C@H]1C=C[C@H]2C1)N1CCN(c2ccccc2)CC1. The minimum Gasteiger partial charge on any atom is -0.368 e. The lowest BCUT2D eigenvalue weighted by Crippen LogP contribution is -2.49. The van der Waals surface area contributed by atoms with Crippen LogP contribution >= 0.6 is 0 Å². The Balaban J connectivity index is 1.15. The number of piperazine rings is 1. The molecule has 0 aromatic heterocycles. The van der Waals surface area contributed by atoms with Crippen molar-refractivity contribution >= 4 is 23.4 Å². The molecule has 1 aromatic carbocycles. The minimum absolute atomic E-state index is 0.0338. The van der Waals surface area contributed by atoms with Crippen LogP contribution in [0.5, 0.6) is 0 Å². The molecular weight excluding hydrogens is 354 g/mol. The van der Waals surface area contributed by atoms with E-state index in [0.29, 0.717) is 13.1 Å². The zero-order chi connectivity index (χ0) is 19.3. The van der Waals surface area contributed by atoms with E-state index in [1.54, 1.807) is 0 Å². The van der Waals surface area contributed by atoms with Crippen molar-refractivity contribution in [3.63, 3.8) is 0 Å². The van der Waals surface area contributed by atoms with Crippen LogP contribution in [-0.4, -0.2) is 60.2 Å². The van der Waals surface area contributed by atoms with Gasteiger partial charge in [-0.05, 0) is 30.4 Å². The Morgan fingerprint density at radius 3 is 2.11 bits per heavy atom. The first kappa shape index (κ1) is 17.5. The third-order valence-corrected chi connectivity index (χ3v) is 6.86. The van der Waals surface area contributed by atoms with Gasteiger partial charge in [-0.2, -0.15) is 0 Å². The highest BCUT2D eigenvalue weighted by Gasteiger charge is 2.59. The number of carbonyl (C=O) groups excluding carboxylic acids is 3. The fourth-order valence-electron chi connectivity index (χ4n) is 5.40. The molecule has 28 heavy (non-hydrogen) atoms. The summed E-state index contributed by atoms with van der Waals surface area (Å²) in [5.41, 5.74) is 1.18. The molecule has 2 heterocycles. The number of amides is 3. The van der Waals surface area contributed by atoms with Gasteiger partial charge in [0.05, 0.1) is 11.8 Å². The van der Waals surface area contributed by atoms with E-state index in [2.05, 4.69) is 29.2 Å². The largest absolute Gasteiger partial charge is 0.368 e. The number of hydrogen-bond acceptors (Lipinski definition) is 4. The average molecular weight is 379 g/mol. The Morgan fingerprint density at radius 2 is 1.50 bits per heavy atom. The molecule has 1 saturated carbocycles. The summed E-state index contributed by atoms with van der Waals surface area (Å²) < 4.78 is 0. The van der Waals surface area contributed by atoms with Crippen LogP contribution in [0.4, 0.5) is 5.69 Å². The zero-order valence-corrected chi connectivity index (χ0v) is 15.9. The van der Waals surface area contributed by atoms with E-state index in [1.807, 2.05) is 23.1 Å². The number of rotatable bonds is 4. The number of benzene rings is 1. The van der Waals surface area contributed by atoms with E-state index < -0.39 is 0 Å².